The molecule has 1 aromatic heterocycles. The van der Waals surface area contributed by atoms with Crippen molar-refractivity contribution >= 4 is 5.91 Å². The minimum atomic E-state index is -0.876. The number of tetrazole rings is 1. The van der Waals surface area contributed by atoms with Crippen molar-refractivity contribution in [2.24, 2.45) is 5.92 Å². The summed E-state index contributed by atoms with van der Waals surface area (Å²) in [6, 6.07) is 2.11. The summed E-state index contributed by atoms with van der Waals surface area (Å²) in [7, 11) is 0. The van der Waals surface area contributed by atoms with Gasteiger partial charge in [-0.25, -0.2) is 4.68 Å². The third-order valence-corrected chi connectivity index (χ3v) is 2.79. The van der Waals surface area contributed by atoms with E-state index in [0.717, 1.165) is 0 Å². The van der Waals surface area contributed by atoms with Crippen LogP contribution < -0.4 is 5.32 Å². The van der Waals surface area contributed by atoms with Crippen LogP contribution in [-0.4, -0.2) is 31.7 Å². The Kier molecular flexibility index (Phi) is 3.78. The molecule has 1 rings (SSSR count). The fourth-order valence-corrected chi connectivity index (χ4v) is 1.16. The molecule has 0 radical (unpaired) electrons. The lowest BCUT2D eigenvalue weighted by atomic mass is 9.90. The first-order valence-corrected chi connectivity index (χ1v) is 5.34. The molecule has 0 aliphatic carbocycles. The molecule has 0 unspecified atom stereocenters. The third kappa shape index (κ3) is 3.00. The normalized spacial score (nSPS) is 14.1. The molecule has 0 aromatic carbocycles. The van der Waals surface area contributed by atoms with Gasteiger partial charge in [0.05, 0.1) is 6.07 Å². The van der Waals surface area contributed by atoms with Gasteiger partial charge >= 0.3 is 0 Å². The van der Waals surface area contributed by atoms with E-state index < -0.39 is 5.54 Å². The lowest BCUT2D eigenvalue weighted by Crippen LogP contribution is -2.49. The van der Waals surface area contributed by atoms with Crippen molar-refractivity contribution < 1.29 is 4.79 Å². The molecule has 1 aromatic rings. The zero-order chi connectivity index (χ0) is 13.1. The van der Waals surface area contributed by atoms with Gasteiger partial charge in [-0.3, -0.25) is 4.79 Å². The molecular weight excluding hydrogens is 220 g/mol. The van der Waals surface area contributed by atoms with Crippen molar-refractivity contribution in [2.45, 2.75) is 39.8 Å². The van der Waals surface area contributed by atoms with E-state index in [1.54, 1.807) is 13.8 Å². The number of hydrogen-bond donors (Lipinski definition) is 1. The summed E-state index contributed by atoms with van der Waals surface area (Å²) in [5.41, 5.74) is -0.876. The van der Waals surface area contributed by atoms with Gasteiger partial charge in [-0.2, -0.15) is 5.26 Å². The largest absolute Gasteiger partial charge is 0.336 e. The Labute approximate surface area is 99.8 Å². The number of aromatic nitrogens is 4. The number of nitrogens with one attached hydrogen (secondary N) is 1. The molecule has 0 saturated heterocycles. The van der Waals surface area contributed by atoms with Gasteiger partial charge in [-0.05, 0) is 30.2 Å². The molecule has 0 fully saturated rings. The zero-order valence-corrected chi connectivity index (χ0v) is 10.4. The van der Waals surface area contributed by atoms with Gasteiger partial charge in [0.15, 0.2) is 0 Å². The highest BCUT2D eigenvalue weighted by Crippen LogP contribution is 2.14. The van der Waals surface area contributed by atoms with E-state index >= 15 is 0 Å². The van der Waals surface area contributed by atoms with E-state index in [1.165, 1.54) is 4.68 Å². The second kappa shape index (κ2) is 4.91. The molecule has 7 nitrogen and oxygen atoms in total. The predicted molar refractivity (Wildman–Crippen MR) is 59.6 cm³/mol. The van der Waals surface area contributed by atoms with Crippen LogP contribution in [0.25, 0.3) is 0 Å². The fraction of sp³-hybridized carbons (Fsp3) is 0.700. The summed E-state index contributed by atoms with van der Waals surface area (Å²) in [5, 5.41) is 22.6. The quantitative estimate of drug-likeness (QED) is 0.795. The van der Waals surface area contributed by atoms with Gasteiger partial charge in [0.1, 0.15) is 17.9 Å². The first-order valence-electron chi connectivity index (χ1n) is 5.34. The second-order valence-electron chi connectivity index (χ2n) is 4.40. The minimum Gasteiger partial charge on any atom is -0.336 e. The van der Waals surface area contributed by atoms with Gasteiger partial charge in [0.25, 0.3) is 0 Å². The maximum atomic E-state index is 11.8. The average Bonchev–Trinajstić information content (AvgIpc) is 2.63. The Morgan fingerprint density at radius 3 is 2.71 bits per heavy atom. The van der Waals surface area contributed by atoms with Gasteiger partial charge < -0.3 is 5.32 Å². The number of aryl methyl sites for hydroxylation is 1. The molecule has 7 heteroatoms. The van der Waals surface area contributed by atoms with Crippen LogP contribution in [0.5, 0.6) is 0 Å². The Hall–Kier alpha value is -1.97. The molecule has 17 heavy (non-hydrogen) atoms. The van der Waals surface area contributed by atoms with Gasteiger partial charge in [-0.15, -0.1) is 5.10 Å². The number of nitriles is 1. The van der Waals surface area contributed by atoms with E-state index in [9.17, 15) is 4.79 Å². The third-order valence-electron chi connectivity index (χ3n) is 2.79. The SMILES string of the molecule is Cc1nnnn1CC(=O)N[C@](C)(C#N)C(C)C. The number of nitrogens with zero attached hydrogens (tertiary/aromatic N) is 5. The molecule has 1 atom stereocenters. The highest BCUT2D eigenvalue weighted by atomic mass is 16.2. The molecule has 1 N–H and O–H groups in total. The Balaban J connectivity index is 2.68. The van der Waals surface area contributed by atoms with Crippen LogP contribution in [0.1, 0.15) is 26.6 Å². The first-order chi connectivity index (χ1) is 7.89. The molecule has 92 valence electrons. The summed E-state index contributed by atoms with van der Waals surface area (Å²) >= 11 is 0. The van der Waals surface area contributed by atoms with E-state index in [0.29, 0.717) is 5.82 Å². The van der Waals surface area contributed by atoms with Crippen LogP contribution in [0.2, 0.25) is 0 Å². The Morgan fingerprint density at radius 2 is 2.29 bits per heavy atom. The van der Waals surface area contributed by atoms with Crippen LogP contribution in [-0.2, 0) is 11.3 Å². The van der Waals surface area contributed by atoms with E-state index in [-0.39, 0.29) is 18.4 Å². The fourth-order valence-electron chi connectivity index (χ4n) is 1.16. The van der Waals surface area contributed by atoms with Crippen molar-refractivity contribution in [1.29, 1.82) is 5.26 Å². The smallest absolute Gasteiger partial charge is 0.243 e. The molecule has 0 aliphatic rings. The highest BCUT2D eigenvalue weighted by Gasteiger charge is 2.30. The summed E-state index contributed by atoms with van der Waals surface area (Å²) < 4.78 is 1.38. The van der Waals surface area contributed by atoms with E-state index in [2.05, 4.69) is 26.9 Å². The van der Waals surface area contributed by atoms with Crippen LogP contribution in [0.3, 0.4) is 0 Å². The molecule has 0 aliphatic heterocycles. The van der Waals surface area contributed by atoms with E-state index in [1.807, 2.05) is 13.8 Å². The van der Waals surface area contributed by atoms with Gasteiger partial charge in [0.2, 0.25) is 5.91 Å². The minimum absolute atomic E-state index is 0.0167. The summed E-state index contributed by atoms with van der Waals surface area (Å²) in [6.07, 6.45) is 0. The molecule has 0 bridgehead atoms. The van der Waals surface area contributed by atoms with Gasteiger partial charge in [0, 0.05) is 0 Å². The summed E-state index contributed by atoms with van der Waals surface area (Å²) in [5.74, 6) is 0.299. The maximum absolute atomic E-state index is 11.8. The highest BCUT2D eigenvalue weighted by molar-refractivity contribution is 5.77. The predicted octanol–water partition coefficient (Wildman–Crippen LogP) is 0.0360. The van der Waals surface area contributed by atoms with E-state index in [4.69, 9.17) is 5.26 Å². The molecular formula is C10H16N6O. The maximum Gasteiger partial charge on any atom is 0.243 e. The number of carbonyl (C=O) groups is 1. The molecule has 0 saturated carbocycles. The average molecular weight is 236 g/mol. The number of carbonyl (C=O) groups excluding carboxylic acids is 1. The summed E-state index contributed by atoms with van der Waals surface area (Å²) in [4.78, 5) is 11.8. The van der Waals surface area contributed by atoms with Crippen molar-refractivity contribution in [3.8, 4) is 6.07 Å². The van der Waals surface area contributed by atoms with Crippen LogP contribution in [0.15, 0.2) is 0 Å². The second-order valence-corrected chi connectivity index (χ2v) is 4.40. The van der Waals surface area contributed by atoms with Gasteiger partial charge in [-0.1, -0.05) is 13.8 Å². The number of rotatable bonds is 4. The monoisotopic (exact) mass is 236 g/mol. The lowest BCUT2D eigenvalue weighted by Gasteiger charge is -2.27. The van der Waals surface area contributed by atoms with Crippen LogP contribution in [0, 0.1) is 24.2 Å². The Bertz CT molecular complexity index is 446. The first kappa shape index (κ1) is 13.1. The molecule has 1 heterocycles. The summed E-state index contributed by atoms with van der Waals surface area (Å²) in [6.45, 7) is 7.18. The molecule has 0 spiro atoms. The van der Waals surface area contributed by atoms with Crippen molar-refractivity contribution in [2.75, 3.05) is 0 Å². The van der Waals surface area contributed by atoms with Crippen molar-refractivity contribution in [1.82, 2.24) is 25.5 Å². The molecule has 1 amide bonds. The van der Waals surface area contributed by atoms with Crippen molar-refractivity contribution in [3.63, 3.8) is 0 Å². The standard InChI is InChI=1S/C10H16N6O/c1-7(2)10(4,6-11)12-9(17)5-16-8(3)13-14-15-16/h7H,5H2,1-4H3,(H,12,17)/t10-/m1/s1. The number of amides is 1. The van der Waals surface area contributed by atoms with Crippen molar-refractivity contribution in [3.05, 3.63) is 5.82 Å². The lowest BCUT2D eigenvalue weighted by molar-refractivity contribution is -0.123. The number of hydrogen-bond acceptors (Lipinski definition) is 5. The topological polar surface area (TPSA) is 96.5 Å². The van der Waals surface area contributed by atoms with Crippen LogP contribution >= 0.6 is 0 Å². The van der Waals surface area contributed by atoms with Crippen LogP contribution in [0.4, 0.5) is 0 Å². The zero-order valence-electron chi connectivity index (χ0n) is 10.4. The Morgan fingerprint density at radius 1 is 1.65 bits per heavy atom.